The summed E-state index contributed by atoms with van der Waals surface area (Å²) >= 11 is 0. The number of hydrogen-bond acceptors (Lipinski definition) is 0. The van der Waals surface area contributed by atoms with E-state index < -0.39 is 0 Å². The molecule has 4 rings (SSSR count). The highest BCUT2D eigenvalue weighted by molar-refractivity contribution is 5.79. The van der Waals surface area contributed by atoms with E-state index in [0.29, 0.717) is 0 Å². The summed E-state index contributed by atoms with van der Waals surface area (Å²) in [5.74, 6) is 0. The Kier molecular flexibility index (Phi) is 2.08. The van der Waals surface area contributed by atoms with E-state index in [1.165, 1.54) is 38.9 Å². The third-order valence-corrected chi connectivity index (χ3v) is 4.06. The Morgan fingerprint density at radius 2 is 1.63 bits per heavy atom. The monoisotopic (exact) mass is 246 g/mol. The van der Waals surface area contributed by atoms with Gasteiger partial charge >= 0.3 is 0 Å². The maximum absolute atomic E-state index is 2.43. The summed E-state index contributed by atoms with van der Waals surface area (Å²) in [6.45, 7) is 5.30. The first-order chi connectivity index (χ1) is 9.22. The van der Waals surface area contributed by atoms with Gasteiger partial charge in [0.25, 0.3) is 0 Å². The Morgan fingerprint density at radius 1 is 0.842 bits per heavy atom. The molecule has 0 amide bonds. The Morgan fingerprint density at radius 3 is 2.53 bits per heavy atom. The van der Waals surface area contributed by atoms with Gasteiger partial charge in [0.2, 0.25) is 11.2 Å². The fraction of sp³-hybridized carbons (Fsp3) is 0.167. The summed E-state index contributed by atoms with van der Waals surface area (Å²) in [5, 5.41) is 1.33. The molecule has 0 bridgehead atoms. The van der Waals surface area contributed by atoms with Crippen LogP contribution in [0, 0.1) is 13.8 Å². The molecular weight excluding hydrogens is 230 g/mol. The summed E-state index contributed by atoms with van der Waals surface area (Å²) in [4.78, 5) is 0. The second-order valence-electron chi connectivity index (χ2n) is 5.53. The minimum absolute atomic E-state index is 0.991. The van der Waals surface area contributed by atoms with Gasteiger partial charge in [-0.25, -0.2) is 0 Å². The van der Waals surface area contributed by atoms with E-state index in [9.17, 15) is 0 Å². The zero-order valence-electron chi connectivity index (χ0n) is 11.3. The standard InChI is InChI=1S/C18H16N/c1-12-4-7-17-14(9-12)6-8-18-16-10-13(2)3-5-15(16)11-19(17)18/h3-10H,11H2,1-2H3/q+1. The first-order valence-electron chi connectivity index (χ1n) is 6.75. The van der Waals surface area contributed by atoms with Gasteiger partial charge in [-0.1, -0.05) is 29.3 Å². The van der Waals surface area contributed by atoms with Crippen LogP contribution in [0.3, 0.4) is 0 Å². The molecule has 1 heteroatoms. The van der Waals surface area contributed by atoms with Crippen LogP contribution in [-0.4, -0.2) is 0 Å². The summed E-state index contributed by atoms with van der Waals surface area (Å²) in [6.07, 6.45) is 0. The van der Waals surface area contributed by atoms with Gasteiger partial charge in [-0.3, -0.25) is 0 Å². The van der Waals surface area contributed by atoms with Crippen molar-refractivity contribution in [3.8, 4) is 11.3 Å². The van der Waals surface area contributed by atoms with Crippen molar-refractivity contribution < 1.29 is 4.57 Å². The van der Waals surface area contributed by atoms with E-state index in [1.54, 1.807) is 0 Å². The van der Waals surface area contributed by atoms with Gasteiger partial charge < -0.3 is 0 Å². The molecule has 1 aliphatic heterocycles. The number of aromatic nitrogens is 1. The molecule has 19 heavy (non-hydrogen) atoms. The Balaban J connectivity index is 2.05. The van der Waals surface area contributed by atoms with Gasteiger partial charge in [0.15, 0.2) is 6.54 Å². The van der Waals surface area contributed by atoms with Gasteiger partial charge in [0.05, 0.1) is 5.56 Å². The zero-order valence-corrected chi connectivity index (χ0v) is 11.3. The van der Waals surface area contributed by atoms with Crippen LogP contribution in [0.2, 0.25) is 0 Å². The molecule has 0 atom stereocenters. The fourth-order valence-electron chi connectivity index (χ4n) is 3.08. The van der Waals surface area contributed by atoms with Crippen LogP contribution >= 0.6 is 0 Å². The topological polar surface area (TPSA) is 3.88 Å². The van der Waals surface area contributed by atoms with Crippen molar-refractivity contribution >= 4 is 10.9 Å². The number of hydrogen-bond donors (Lipinski definition) is 0. The van der Waals surface area contributed by atoms with E-state index in [4.69, 9.17) is 0 Å². The minimum atomic E-state index is 0.991. The Hall–Kier alpha value is -2.15. The molecule has 0 N–H and O–H groups in total. The van der Waals surface area contributed by atoms with Crippen LogP contribution in [0.1, 0.15) is 16.7 Å². The van der Waals surface area contributed by atoms with Crippen LogP contribution in [0.5, 0.6) is 0 Å². The maximum atomic E-state index is 2.43. The van der Waals surface area contributed by atoms with Crippen molar-refractivity contribution in [1.82, 2.24) is 0 Å². The molecule has 1 aliphatic rings. The van der Waals surface area contributed by atoms with E-state index in [-0.39, 0.29) is 0 Å². The first kappa shape index (κ1) is 10.7. The molecule has 1 nitrogen and oxygen atoms in total. The molecule has 0 saturated carbocycles. The SMILES string of the molecule is Cc1ccc2c(c1)-c1ccc3cc(C)ccc3[n+]1C2. The number of pyridine rings is 1. The van der Waals surface area contributed by atoms with Crippen molar-refractivity contribution in [1.29, 1.82) is 0 Å². The molecule has 2 heterocycles. The molecule has 0 spiro atoms. The van der Waals surface area contributed by atoms with Crippen molar-refractivity contribution in [3.05, 3.63) is 65.2 Å². The highest BCUT2D eigenvalue weighted by Crippen LogP contribution is 2.29. The average molecular weight is 246 g/mol. The van der Waals surface area contributed by atoms with E-state index >= 15 is 0 Å². The molecule has 1 aromatic heterocycles. The van der Waals surface area contributed by atoms with Crippen LogP contribution in [0.25, 0.3) is 22.2 Å². The van der Waals surface area contributed by atoms with Crippen LogP contribution < -0.4 is 4.57 Å². The lowest BCUT2D eigenvalue weighted by Crippen LogP contribution is -2.33. The molecular formula is C18H16N+. The van der Waals surface area contributed by atoms with E-state index in [2.05, 4.69) is 66.9 Å². The fourth-order valence-corrected chi connectivity index (χ4v) is 3.08. The third-order valence-electron chi connectivity index (χ3n) is 4.06. The number of aryl methyl sites for hydroxylation is 2. The van der Waals surface area contributed by atoms with Gasteiger partial charge in [0, 0.05) is 23.1 Å². The normalized spacial score (nSPS) is 12.5. The minimum Gasteiger partial charge on any atom is -0.187 e. The predicted octanol–water partition coefficient (Wildman–Crippen LogP) is 3.77. The highest BCUT2D eigenvalue weighted by atomic mass is 15.0. The Labute approximate surface area is 113 Å². The molecule has 0 saturated heterocycles. The van der Waals surface area contributed by atoms with Gasteiger partial charge in [-0.2, -0.15) is 4.57 Å². The van der Waals surface area contributed by atoms with Crippen molar-refractivity contribution in [2.45, 2.75) is 20.4 Å². The summed E-state index contributed by atoms with van der Waals surface area (Å²) in [6, 6.07) is 18.0. The molecule has 3 aromatic rings. The predicted molar refractivity (Wildman–Crippen MR) is 78.2 cm³/mol. The smallest absolute Gasteiger partial charge is 0.187 e. The van der Waals surface area contributed by atoms with E-state index in [1.807, 2.05) is 0 Å². The number of benzene rings is 2. The third kappa shape index (κ3) is 1.51. The first-order valence-corrected chi connectivity index (χ1v) is 6.75. The van der Waals surface area contributed by atoms with Gasteiger partial charge in [-0.15, -0.1) is 0 Å². The lowest BCUT2D eigenvalue weighted by Gasteiger charge is -2.00. The second kappa shape index (κ2) is 3.67. The quantitative estimate of drug-likeness (QED) is 0.416. The zero-order chi connectivity index (χ0) is 13.0. The lowest BCUT2D eigenvalue weighted by molar-refractivity contribution is -0.645. The summed E-state index contributed by atoms with van der Waals surface area (Å²) in [5.41, 5.74) is 8.14. The summed E-state index contributed by atoms with van der Waals surface area (Å²) in [7, 11) is 0. The van der Waals surface area contributed by atoms with Crippen molar-refractivity contribution in [2.75, 3.05) is 0 Å². The van der Waals surface area contributed by atoms with Crippen LogP contribution in [0.15, 0.2) is 48.5 Å². The molecule has 92 valence electrons. The maximum Gasteiger partial charge on any atom is 0.213 e. The van der Waals surface area contributed by atoms with Crippen LogP contribution in [-0.2, 0) is 6.54 Å². The largest absolute Gasteiger partial charge is 0.213 e. The molecule has 2 aromatic carbocycles. The molecule has 0 radical (unpaired) electrons. The Bertz CT molecular complexity index is 815. The van der Waals surface area contributed by atoms with Crippen molar-refractivity contribution in [2.24, 2.45) is 0 Å². The highest BCUT2D eigenvalue weighted by Gasteiger charge is 2.27. The van der Waals surface area contributed by atoms with Gasteiger partial charge in [-0.05, 0) is 32.0 Å². The van der Waals surface area contributed by atoms with E-state index in [0.717, 1.165) is 6.54 Å². The number of nitrogens with zero attached hydrogens (tertiary/aromatic N) is 1. The van der Waals surface area contributed by atoms with Crippen molar-refractivity contribution in [3.63, 3.8) is 0 Å². The number of rotatable bonds is 0. The summed E-state index contributed by atoms with van der Waals surface area (Å²) < 4.78 is 2.43. The van der Waals surface area contributed by atoms with Gasteiger partial charge in [0.1, 0.15) is 0 Å². The molecule has 0 aliphatic carbocycles. The lowest BCUT2D eigenvalue weighted by atomic mass is 10.0. The number of fused-ring (bicyclic) bond motifs is 5. The average Bonchev–Trinajstić information content (AvgIpc) is 2.76. The second-order valence-corrected chi connectivity index (χ2v) is 5.53. The molecule has 0 fully saturated rings. The molecule has 0 unspecified atom stereocenters. The van der Waals surface area contributed by atoms with Crippen LogP contribution in [0.4, 0.5) is 0 Å².